The van der Waals surface area contributed by atoms with E-state index in [0.717, 1.165) is 73.8 Å². The summed E-state index contributed by atoms with van der Waals surface area (Å²) in [7, 11) is 0. The molecule has 3 aromatic rings. The summed E-state index contributed by atoms with van der Waals surface area (Å²) in [4.78, 5) is 17.9. The highest BCUT2D eigenvalue weighted by molar-refractivity contribution is 6.30. The van der Waals surface area contributed by atoms with Crippen molar-refractivity contribution < 1.29 is 14.3 Å². The molecule has 0 bridgehead atoms. The summed E-state index contributed by atoms with van der Waals surface area (Å²) in [5, 5.41) is 8.24. The van der Waals surface area contributed by atoms with Crippen molar-refractivity contribution in [2.75, 3.05) is 46.0 Å². The number of ether oxygens (including phenoxy) is 2. The maximum absolute atomic E-state index is 13.6. The first-order chi connectivity index (χ1) is 17.2. The molecule has 2 aliphatic heterocycles. The quantitative estimate of drug-likeness (QED) is 0.433. The van der Waals surface area contributed by atoms with Crippen molar-refractivity contribution in [3.8, 4) is 17.0 Å². The third-order valence-electron chi connectivity index (χ3n) is 6.70. The van der Waals surface area contributed by atoms with E-state index in [1.807, 2.05) is 41.3 Å². The highest BCUT2D eigenvalue weighted by Gasteiger charge is 2.42. The number of rotatable bonds is 9. The number of aromatic nitrogens is 2. The maximum atomic E-state index is 13.6. The number of aromatic amines is 1. The summed E-state index contributed by atoms with van der Waals surface area (Å²) in [6, 6.07) is 15.5. The Hall–Kier alpha value is -2.87. The van der Waals surface area contributed by atoms with Crippen LogP contribution in [0.15, 0.2) is 48.5 Å². The van der Waals surface area contributed by atoms with Crippen LogP contribution in [0, 0.1) is 0 Å². The van der Waals surface area contributed by atoms with Gasteiger partial charge in [-0.15, -0.1) is 0 Å². The van der Waals surface area contributed by atoms with Gasteiger partial charge in [0.05, 0.1) is 31.6 Å². The third-order valence-corrected chi connectivity index (χ3v) is 6.96. The molecule has 35 heavy (non-hydrogen) atoms. The molecule has 1 atom stereocenters. The van der Waals surface area contributed by atoms with Crippen LogP contribution in [-0.4, -0.2) is 71.9 Å². The lowest BCUT2D eigenvalue weighted by atomic mass is 9.96. The van der Waals surface area contributed by atoms with Gasteiger partial charge < -0.3 is 14.4 Å². The largest absolute Gasteiger partial charge is 0.494 e. The van der Waals surface area contributed by atoms with E-state index in [1.54, 1.807) is 0 Å². The second-order valence-corrected chi connectivity index (χ2v) is 9.43. The number of hydrogen-bond donors (Lipinski definition) is 1. The Morgan fingerprint density at radius 3 is 2.54 bits per heavy atom. The molecule has 3 heterocycles. The Morgan fingerprint density at radius 1 is 1.09 bits per heavy atom. The maximum Gasteiger partial charge on any atom is 0.273 e. The summed E-state index contributed by atoms with van der Waals surface area (Å²) in [5.41, 5.74) is 4.23. The lowest BCUT2D eigenvalue weighted by molar-refractivity contribution is 0.0316. The predicted octanol–water partition coefficient (Wildman–Crippen LogP) is 4.79. The van der Waals surface area contributed by atoms with Crippen LogP contribution in [0.4, 0.5) is 0 Å². The molecule has 1 N–H and O–H groups in total. The van der Waals surface area contributed by atoms with Gasteiger partial charge >= 0.3 is 0 Å². The number of H-pyrrole nitrogens is 1. The fourth-order valence-electron chi connectivity index (χ4n) is 4.76. The number of halogens is 1. The molecule has 8 heteroatoms. The van der Waals surface area contributed by atoms with Crippen molar-refractivity contribution in [2.24, 2.45) is 0 Å². The first-order valence-corrected chi connectivity index (χ1v) is 12.7. The van der Waals surface area contributed by atoms with Gasteiger partial charge in [-0.05, 0) is 36.2 Å². The van der Waals surface area contributed by atoms with E-state index in [2.05, 4.69) is 34.2 Å². The molecule has 7 nitrogen and oxygen atoms in total. The number of amides is 1. The average Bonchev–Trinajstić information content (AvgIpc) is 3.43. The lowest BCUT2D eigenvalue weighted by Crippen LogP contribution is -2.42. The monoisotopic (exact) mass is 494 g/mol. The van der Waals surface area contributed by atoms with Crippen molar-refractivity contribution in [1.82, 2.24) is 20.0 Å². The Morgan fingerprint density at radius 2 is 1.83 bits per heavy atom. The van der Waals surface area contributed by atoms with E-state index in [9.17, 15) is 4.79 Å². The van der Waals surface area contributed by atoms with Gasteiger partial charge in [0.2, 0.25) is 0 Å². The van der Waals surface area contributed by atoms with Crippen LogP contribution in [0.1, 0.15) is 47.4 Å². The molecule has 1 unspecified atom stereocenters. The molecule has 0 spiro atoms. The Labute approximate surface area is 211 Å². The smallest absolute Gasteiger partial charge is 0.273 e. The molecule has 5 rings (SSSR count). The predicted molar refractivity (Wildman–Crippen MR) is 136 cm³/mol. The summed E-state index contributed by atoms with van der Waals surface area (Å²) < 4.78 is 11.4. The van der Waals surface area contributed by atoms with Gasteiger partial charge in [0, 0.05) is 42.3 Å². The molecule has 1 saturated heterocycles. The van der Waals surface area contributed by atoms with E-state index >= 15 is 0 Å². The van der Waals surface area contributed by atoms with E-state index in [4.69, 9.17) is 21.1 Å². The van der Waals surface area contributed by atoms with Crippen LogP contribution in [0.2, 0.25) is 5.02 Å². The van der Waals surface area contributed by atoms with Crippen LogP contribution < -0.4 is 4.74 Å². The van der Waals surface area contributed by atoms with Gasteiger partial charge in [-0.25, -0.2) is 0 Å². The van der Waals surface area contributed by atoms with Crippen LogP contribution >= 0.6 is 11.6 Å². The first-order valence-electron chi connectivity index (χ1n) is 12.3. The highest BCUT2D eigenvalue weighted by atomic mass is 35.5. The minimum Gasteiger partial charge on any atom is -0.494 e. The van der Waals surface area contributed by atoms with Crippen molar-refractivity contribution in [2.45, 2.75) is 25.8 Å². The van der Waals surface area contributed by atoms with Crippen LogP contribution in [0.25, 0.3) is 11.3 Å². The highest BCUT2D eigenvalue weighted by Crippen LogP contribution is 2.43. The number of hydrogen-bond acceptors (Lipinski definition) is 5. The van der Waals surface area contributed by atoms with Gasteiger partial charge in [0.25, 0.3) is 5.91 Å². The molecule has 1 aromatic heterocycles. The topological polar surface area (TPSA) is 70.7 Å². The number of morpholine rings is 1. The number of fused-ring (bicyclic) bond motifs is 1. The number of carbonyl (C=O) groups excluding carboxylic acids is 1. The number of unbranched alkanes of at least 4 members (excludes halogenated alkanes) is 1. The van der Waals surface area contributed by atoms with Gasteiger partial charge in [-0.1, -0.05) is 49.2 Å². The molecular formula is C27H31ClN4O3. The molecule has 1 fully saturated rings. The number of nitrogens with one attached hydrogen (secondary N) is 1. The van der Waals surface area contributed by atoms with E-state index < -0.39 is 0 Å². The van der Waals surface area contributed by atoms with Gasteiger partial charge in [0.1, 0.15) is 11.4 Å². The Kier molecular flexibility index (Phi) is 7.37. The van der Waals surface area contributed by atoms with Crippen molar-refractivity contribution in [3.05, 3.63) is 70.4 Å². The zero-order valence-electron chi connectivity index (χ0n) is 20.0. The van der Waals surface area contributed by atoms with Crippen LogP contribution in [0.3, 0.4) is 0 Å². The van der Waals surface area contributed by atoms with E-state index in [-0.39, 0.29) is 11.9 Å². The minimum atomic E-state index is -0.229. The van der Waals surface area contributed by atoms with Crippen molar-refractivity contribution in [3.63, 3.8) is 0 Å². The molecule has 0 aliphatic carbocycles. The third kappa shape index (κ3) is 5.08. The SMILES string of the molecule is CCCCOc1ccc(C2c3c(-c4ccc(Cl)cc4)n[nH]c3C(=O)N2CCN2CCOCC2)cc1. The summed E-state index contributed by atoms with van der Waals surface area (Å²) in [6.45, 7) is 7.53. The zero-order valence-corrected chi connectivity index (χ0v) is 20.8. The Bertz CT molecular complexity index is 1140. The van der Waals surface area contributed by atoms with E-state index in [0.29, 0.717) is 23.9 Å². The molecule has 2 aliphatic rings. The van der Waals surface area contributed by atoms with Gasteiger partial charge in [-0.3, -0.25) is 14.8 Å². The second kappa shape index (κ2) is 10.8. The Balaban J connectivity index is 1.47. The number of carbonyl (C=O) groups is 1. The normalized spacial score (nSPS) is 18.2. The zero-order chi connectivity index (χ0) is 24.2. The van der Waals surface area contributed by atoms with Crippen molar-refractivity contribution >= 4 is 17.5 Å². The fraction of sp³-hybridized carbons (Fsp3) is 0.407. The molecule has 2 aromatic carbocycles. The molecule has 0 radical (unpaired) electrons. The molecule has 184 valence electrons. The second-order valence-electron chi connectivity index (χ2n) is 8.99. The summed E-state index contributed by atoms with van der Waals surface area (Å²) in [6.07, 6.45) is 2.12. The summed E-state index contributed by atoms with van der Waals surface area (Å²) >= 11 is 6.12. The molecular weight excluding hydrogens is 464 g/mol. The average molecular weight is 495 g/mol. The molecule has 1 amide bonds. The number of nitrogens with zero attached hydrogens (tertiary/aromatic N) is 3. The van der Waals surface area contributed by atoms with E-state index in [1.165, 1.54) is 0 Å². The standard InChI is InChI=1S/C27H31ClN4O3/c1-2-3-16-35-22-10-6-20(7-11-22)26-23-24(19-4-8-21(28)9-5-19)29-30-25(23)27(33)32(26)13-12-31-14-17-34-18-15-31/h4-11,26H,2-3,12-18H2,1H3,(H,29,30). The van der Waals surface area contributed by atoms with Gasteiger partial charge in [-0.2, -0.15) is 5.10 Å². The van der Waals surface area contributed by atoms with Crippen molar-refractivity contribution in [1.29, 1.82) is 0 Å². The van der Waals surface area contributed by atoms with Crippen LogP contribution in [-0.2, 0) is 4.74 Å². The lowest BCUT2D eigenvalue weighted by Gasteiger charge is -2.31. The van der Waals surface area contributed by atoms with Gasteiger partial charge in [0.15, 0.2) is 0 Å². The van der Waals surface area contributed by atoms with Crippen LogP contribution in [0.5, 0.6) is 5.75 Å². The minimum absolute atomic E-state index is 0.0192. The fourth-order valence-corrected chi connectivity index (χ4v) is 4.88. The first kappa shape index (κ1) is 23.9. The summed E-state index contributed by atoms with van der Waals surface area (Å²) in [5.74, 6) is 0.825. The number of benzene rings is 2. The molecule has 0 saturated carbocycles.